The summed E-state index contributed by atoms with van der Waals surface area (Å²) in [7, 11) is 0. The first kappa shape index (κ1) is 11.9. The van der Waals surface area contributed by atoms with Crippen molar-refractivity contribution in [3.8, 4) is 0 Å². The van der Waals surface area contributed by atoms with Crippen LogP contribution in [0.3, 0.4) is 0 Å². The zero-order valence-electron chi connectivity index (χ0n) is 10.9. The van der Waals surface area contributed by atoms with Crippen LogP contribution in [0, 0.1) is 13.8 Å². The summed E-state index contributed by atoms with van der Waals surface area (Å²) in [6.45, 7) is 4.09. The number of benzene rings is 1. The lowest BCUT2D eigenvalue weighted by molar-refractivity contribution is 0.516. The van der Waals surface area contributed by atoms with E-state index < -0.39 is 0 Å². The third-order valence-corrected chi connectivity index (χ3v) is 3.31. The molecule has 0 saturated carbocycles. The van der Waals surface area contributed by atoms with Crippen LogP contribution in [0.25, 0.3) is 11.0 Å². The number of nitrogens with zero attached hydrogens (tertiary/aromatic N) is 2. The van der Waals surface area contributed by atoms with Gasteiger partial charge < -0.3 is 10.2 Å². The minimum absolute atomic E-state index is 0.388. The van der Waals surface area contributed by atoms with Crippen LogP contribution in [0.2, 0.25) is 0 Å². The van der Waals surface area contributed by atoms with E-state index in [1.54, 1.807) is 18.6 Å². The average Bonchev–Trinajstić information content (AvgIpc) is 2.76. The van der Waals surface area contributed by atoms with Gasteiger partial charge in [0, 0.05) is 23.3 Å². The first-order valence-corrected chi connectivity index (χ1v) is 6.18. The van der Waals surface area contributed by atoms with E-state index in [0.717, 1.165) is 22.3 Å². The molecule has 2 N–H and O–H groups in total. The van der Waals surface area contributed by atoms with Crippen molar-refractivity contribution in [2.45, 2.75) is 19.9 Å². The fraction of sp³-hybridized carbons (Fsp3) is 0.200. The summed E-state index contributed by atoms with van der Waals surface area (Å²) in [6.07, 6.45) is 4.94. The summed E-state index contributed by atoms with van der Waals surface area (Å²) < 4.78 is 5.88. The maximum atomic E-state index is 6.22. The lowest BCUT2D eigenvalue weighted by Gasteiger charge is -2.08. The summed E-state index contributed by atoms with van der Waals surface area (Å²) >= 11 is 0. The van der Waals surface area contributed by atoms with Gasteiger partial charge in [0.2, 0.25) is 0 Å². The number of furan rings is 1. The molecule has 0 amide bonds. The molecule has 0 spiro atoms. The van der Waals surface area contributed by atoms with Gasteiger partial charge >= 0.3 is 0 Å². The van der Waals surface area contributed by atoms with Crippen molar-refractivity contribution >= 4 is 11.0 Å². The van der Waals surface area contributed by atoms with Crippen molar-refractivity contribution in [1.82, 2.24) is 9.97 Å². The minimum Gasteiger partial charge on any atom is -0.459 e. The van der Waals surface area contributed by atoms with E-state index in [-0.39, 0.29) is 6.04 Å². The number of aromatic nitrogens is 2. The van der Waals surface area contributed by atoms with Gasteiger partial charge in [0.05, 0.1) is 11.9 Å². The molecule has 0 saturated heterocycles. The Kier molecular flexibility index (Phi) is 2.80. The molecule has 0 aliphatic heterocycles. The highest BCUT2D eigenvalue weighted by atomic mass is 16.3. The number of hydrogen-bond donors (Lipinski definition) is 1. The Bertz CT molecular complexity index is 719. The number of hydrogen-bond acceptors (Lipinski definition) is 4. The Hall–Kier alpha value is -2.20. The largest absolute Gasteiger partial charge is 0.459 e. The van der Waals surface area contributed by atoms with Crippen LogP contribution >= 0.6 is 0 Å². The fourth-order valence-corrected chi connectivity index (χ4v) is 2.26. The van der Waals surface area contributed by atoms with E-state index in [2.05, 4.69) is 23.0 Å². The molecule has 3 aromatic rings. The third-order valence-electron chi connectivity index (χ3n) is 3.31. The average molecular weight is 253 g/mol. The molecule has 0 aliphatic carbocycles. The quantitative estimate of drug-likeness (QED) is 0.762. The molecule has 2 aromatic heterocycles. The Morgan fingerprint density at radius 3 is 2.79 bits per heavy atom. The summed E-state index contributed by atoms with van der Waals surface area (Å²) in [6, 6.07) is 5.73. The van der Waals surface area contributed by atoms with Crippen LogP contribution in [0.15, 0.2) is 41.2 Å². The van der Waals surface area contributed by atoms with Crippen molar-refractivity contribution < 1.29 is 4.42 Å². The Morgan fingerprint density at radius 1 is 1.21 bits per heavy atom. The van der Waals surface area contributed by atoms with Crippen molar-refractivity contribution in [1.29, 1.82) is 0 Å². The number of fused-ring (bicyclic) bond motifs is 1. The SMILES string of the molecule is Cc1ccc2oc(C(N)c3cnccn3)c(C)c2c1. The number of nitrogens with two attached hydrogens (primary N) is 1. The van der Waals surface area contributed by atoms with E-state index in [9.17, 15) is 0 Å². The minimum atomic E-state index is -0.388. The predicted octanol–water partition coefficient (Wildman–Crippen LogP) is 2.89. The Balaban J connectivity index is 2.13. The maximum absolute atomic E-state index is 6.22. The smallest absolute Gasteiger partial charge is 0.134 e. The van der Waals surface area contributed by atoms with Crippen LogP contribution < -0.4 is 5.73 Å². The van der Waals surface area contributed by atoms with E-state index in [1.165, 1.54) is 5.56 Å². The molecule has 4 nitrogen and oxygen atoms in total. The molecular weight excluding hydrogens is 238 g/mol. The topological polar surface area (TPSA) is 64.9 Å². The lowest BCUT2D eigenvalue weighted by atomic mass is 10.1. The fourth-order valence-electron chi connectivity index (χ4n) is 2.26. The highest BCUT2D eigenvalue weighted by Crippen LogP contribution is 2.31. The van der Waals surface area contributed by atoms with Crippen LogP contribution in [0.5, 0.6) is 0 Å². The second-order valence-electron chi connectivity index (χ2n) is 4.70. The molecule has 2 heterocycles. The second-order valence-corrected chi connectivity index (χ2v) is 4.70. The van der Waals surface area contributed by atoms with Crippen LogP contribution in [-0.2, 0) is 0 Å². The molecule has 0 fully saturated rings. The van der Waals surface area contributed by atoms with Gasteiger partial charge in [0.1, 0.15) is 17.4 Å². The summed E-state index contributed by atoms with van der Waals surface area (Å²) in [5.74, 6) is 0.751. The van der Waals surface area contributed by atoms with Crippen LogP contribution in [0.4, 0.5) is 0 Å². The highest BCUT2D eigenvalue weighted by Gasteiger charge is 2.19. The maximum Gasteiger partial charge on any atom is 0.134 e. The zero-order valence-corrected chi connectivity index (χ0v) is 10.9. The Morgan fingerprint density at radius 2 is 2.05 bits per heavy atom. The molecule has 0 radical (unpaired) electrons. The highest BCUT2D eigenvalue weighted by molar-refractivity contribution is 5.83. The summed E-state index contributed by atoms with van der Waals surface area (Å²) in [5, 5.41) is 1.11. The van der Waals surface area contributed by atoms with Crippen molar-refractivity contribution in [2.75, 3.05) is 0 Å². The molecule has 96 valence electrons. The monoisotopic (exact) mass is 253 g/mol. The van der Waals surface area contributed by atoms with Crippen LogP contribution in [0.1, 0.15) is 28.6 Å². The second kappa shape index (κ2) is 4.48. The molecule has 0 bridgehead atoms. The molecule has 1 unspecified atom stereocenters. The molecule has 3 rings (SSSR count). The van der Waals surface area contributed by atoms with Gasteiger partial charge in [-0.1, -0.05) is 11.6 Å². The zero-order chi connectivity index (χ0) is 13.4. The van der Waals surface area contributed by atoms with Crippen molar-refractivity contribution in [2.24, 2.45) is 5.73 Å². The first-order valence-electron chi connectivity index (χ1n) is 6.18. The third kappa shape index (κ3) is 2.00. The van der Waals surface area contributed by atoms with Gasteiger partial charge in [-0.2, -0.15) is 0 Å². The lowest BCUT2D eigenvalue weighted by Crippen LogP contribution is -2.13. The number of rotatable bonds is 2. The van der Waals surface area contributed by atoms with Crippen molar-refractivity contribution in [3.63, 3.8) is 0 Å². The van der Waals surface area contributed by atoms with E-state index in [0.29, 0.717) is 5.69 Å². The summed E-state index contributed by atoms with van der Waals surface area (Å²) in [4.78, 5) is 8.28. The molecule has 4 heteroatoms. The van der Waals surface area contributed by atoms with Gasteiger partial charge in [0.15, 0.2) is 0 Å². The standard InChI is InChI=1S/C15H15N3O/c1-9-3-4-13-11(7-9)10(2)15(19-13)14(16)12-8-17-5-6-18-12/h3-8,14H,16H2,1-2H3. The van der Waals surface area contributed by atoms with Gasteiger partial charge in [-0.25, -0.2) is 0 Å². The van der Waals surface area contributed by atoms with E-state index in [1.807, 2.05) is 19.1 Å². The van der Waals surface area contributed by atoms with Crippen LogP contribution in [-0.4, -0.2) is 9.97 Å². The molecule has 1 aromatic carbocycles. The van der Waals surface area contributed by atoms with Crippen molar-refractivity contribution in [3.05, 3.63) is 59.4 Å². The first-order chi connectivity index (χ1) is 9.16. The Labute approximate surface area is 111 Å². The predicted molar refractivity (Wildman–Crippen MR) is 73.8 cm³/mol. The molecular formula is C15H15N3O. The number of aryl methyl sites for hydroxylation is 2. The van der Waals surface area contributed by atoms with E-state index >= 15 is 0 Å². The molecule has 0 aliphatic rings. The van der Waals surface area contributed by atoms with Gasteiger partial charge in [-0.3, -0.25) is 9.97 Å². The molecule has 1 atom stereocenters. The van der Waals surface area contributed by atoms with E-state index in [4.69, 9.17) is 10.2 Å². The van der Waals surface area contributed by atoms with Gasteiger partial charge in [-0.15, -0.1) is 0 Å². The summed E-state index contributed by atoms with van der Waals surface area (Å²) in [5.41, 5.74) is 10.1. The van der Waals surface area contributed by atoms with Gasteiger partial charge in [0.25, 0.3) is 0 Å². The van der Waals surface area contributed by atoms with Gasteiger partial charge in [-0.05, 0) is 26.0 Å². The molecule has 19 heavy (non-hydrogen) atoms. The normalized spacial score (nSPS) is 12.8.